The lowest BCUT2D eigenvalue weighted by Crippen LogP contribution is -2.90. The van der Waals surface area contributed by atoms with E-state index in [0.717, 1.165) is 20.3 Å². The Hall–Kier alpha value is -0.980. The molecule has 1 amide bonds. The van der Waals surface area contributed by atoms with Gasteiger partial charge < -0.3 is 50.2 Å². The summed E-state index contributed by atoms with van der Waals surface area (Å²) >= 11 is 0. The number of rotatable bonds is 7. The molecule has 2 fully saturated rings. The normalized spacial score (nSPS) is 44.1. The van der Waals surface area contributed by atoms with E-state index in [1.807, 2.05) is 4.72 Å². The molecular weight excluding hydrogens is 444 g/mol. The van der Waals surface area contributed by atoms with Crippen LogP contribution in [-0.2, 0) is 29.0 Å². The Balaban J connectivity index is 2.83. The summed E-state index contributed by atoms with van der Waals surface area (Å²) in [5, 5.41) is 65.7. The molecule has 2 rings (SSSR count). The van der Waals surface area contributed by atoms with Gasteiger partial charge in [0.05, 0.1) is 38.2 Å². The maximum Gasteiger partial charge on any atom is 0.217 e. The Morgan fingerprint density at radius 3 is 2.29 bits per heavy atom. The van der Waals surface area contributed by atoms with Crippen LogP contribution in [0.2, 0.25) is 0 Å². The summed E-state index contributed by atoms with van der Waals surface area (Å²) in [6, 6.07) is -1.87. The molecule has 0 radical (unpaired) electrons. The molecule has 182 valence electrons. The molecule has 8 N–H and O–H groups in total. The van der Waals surface area contributed by atoms with Gasteiger partial charge in [0.25, 0.3) is 0 Å². The lowest BCUT2D eigenvalue weighted by atomic mass is 9.63. The van der Waals surface area contributed by atoms with E-state index in [1.165, 1.54) is 0 Å². The second-order valence-electron chi connectivity index (χ2n) is 7.68. The Morgan fingerprint density at radius 2 is 1.84 bits per heavy atom. The fourth-order valence-electron chi connectivity index (χ4n) is 4.35. The second kappa shape index (κ2) is 9.48. The highest BCUT2D eigenvalue weighted by atomic mass is 32.2. The number of amides is 1. The van der Waals surface area contributed by atoms with Crippen molar-refractivity contribution >= 4 is 15.9 Å². The topological polar surface area (TPSA) is 224 Å². The number of aliphatic hydroxyl groups is 6. The number of carbonyl (C=O) groups is 1. The number of nitrogens with one attached hydrogen (secondary N) is 2. The standard InChI is InChI=1S/C16H30N2O12S/c1-7(21)17-15(13(24)11(23)9(4-19)30-14(15)28-2)16(25)10(5-20)29-6-8(22)12(16)18-31(3,26)27/h8-14,18-20,22-25H,4-6H2,1-3H3,(H,17,21)/t8-,9+,10+,11+,12-,13-,14-,15+,16+/m0/s1. The molecule has 0 spiro atoms. The van der Waals surface area contributed by atoms with E-state index in [-0.39, 0.29) is 0 Å². The van der Waals surface area contributed by atoms with Crippen LogP contribution in [0.5, 0.6) is 0 Å². The molecule has 31 heavy (non-hydrogen) atoms. The average Bonchev–Trinajstić information content (AvgIpc) is 2.68. The molecular formula is C16H30N2O12S. The van der Waals surface area contributed by atoms with Crippen molar-refractivity contribution in [2.45, 2.75) is 60.9 Å². The Kier molecular flexibility index (Phi) is 8.04. The summed E-state index contributed by atoms with van der Waals surface area (Å²) in [4.78, 5) is 12.2. The van der Waals surface area contributed by atoms with Gasteiger partial charge in [0.15, 0.2) is 11.8 Å². The van der Waals surface area contributed by atoms with Gasteiger partial charge in [-0.05, 0) is 0 Å². The van der Waals surface area contributed by atoms with Crippen molar-refractivity contribution < 1.29 is 58.1 Å². The van der Waals surface area contributed by atoms with E-state index >= 15 is 0 Å². The lowest BCUT2D eigenvalue weighted by molar-refractivity contribution is -0.352. The van der Waals surface area contributed by atoms with Crippen LogP contribution in [0.1, 0.15) is 6.92 Å². The molecule has 2 saturated heterocycles. The quantitative estimate of drug-likeness (QED) is 0.173. The largest absolute Gasteiger partial charge is 0.394 e. The predicted molar refractivity (Wildman–Crippen MR) is 101 cm³/mol. The maximum atomic E-state index is 12.2. The monoisotopic (exact) mass is 474 g/mol. The maximum absolute atomic E-state index is 12.2. The van der Waals surface area contributed by atoms with Crippen molar-refractivity contribution in [1.29, 1.82) is 0 Å². The fraction of sp³-hybridized carbons (Fsp3) is 0.938. The number of hydrogen-bond acceptors (Lipinski definition) is 12. The molecule has 0 aliphatic carbocycles. The van der Waals surface area contributed by atoms with E-state index < -0.39 is 89.7 Å². The number of aliphatic hydroxyl groups excluding tert-OH is 5. The van der Waals surface area contributed by atoms with Crippen molar-refractivity contribution in [3.05, 3.63) is 0 Å². The number of sulfonamides is 1. The number of carbonyl (C=O) groups excluding carboxylic acids is 1. The van der Waals surface area contributed by atoms with Crippen LogP contribution < -0.4 is 10.0 Å². The van der Waals surface area contributed by atoms with Gasteiger partial charge in [-0.15, -0.1) is 0 Å². The fourth-order valence-corrected chi connectivity index (χ4v) is 5.15. The first kappa shape index (κ1) is 26.3. The first-order chi connectivity index (χ1) is 14.3. The average molecular weight is 474 g/mol. The predicted octanol–water partition coefficient (Wildman–Crippen LogP) is -5.65. The highest BCUT2D eigenvalue weighted by Gasteiger charge is 2.73. The summed E-state index contributed by atoms with van der Waals surface area (Å²) in [6.07, 6.45) is -9.94. The SMILES string of the molecule is CO[C@H]1O[C@H](CO)[C@@H](O)[C@H](O)[C@]1(NC(C)=O)[C@@]1(O)[C@@H](CO)OC[C@H](O)[C@@H]1NS(C)(=O)=O. The van der Waals surface area contributed by atoms with Gasteiger partial charge in [-0.2, -0.15) is 0 Å². The first-order valence-corrected chi connectivity index (χ1v) is 11.2. The van der Waals surface area contributed by atoms with Crippen LogP contribution in [0.4, 0.5) is 0 Å². The molecule has 0 bridgehead atoms. The number of methoxy groups -OCH3 is 1. The van der Waals surface area contributed by atoms with Crippen LogP contribution >= 0.6 is 0 Å². The highest BCUT2D eigenvalue weighted by Crippen LogP contribution is 2.45. The second-order valence-corrected chi connectivity index (χ2v) is 9.46. The third kappa shape index (κ3) is 4.45. The minimum atomic E-state index is -4.11. The van der Waals surface area contributed by atoms with Gasteiger partial charge in [-0.1, -0.05) is 0 Å². The molecule has 14 nitrogen and oxygen atoms in total. The number of hydrogen-bond donors (Lipinski definition) is 8. The summed E-state index contributed by atoms with van der Waals surface area (Å²) in [7, 11) is -3.04. The van der Waals surface area contributed by atoms with Crippen molar-refractivity contribution in [3.8, 4) is 0 Å². The molecule has 0 unspecified atom stereocenters. The van der Waals surface area contributed by atoms with Gasteiger partial charge in [0, 0.05) is 14.0 Å². The molecule has 0 saturated carbocycles. The zero-order chi connectivity index (χ0) is 23.8. The van der Waals surface area contributed by atoms with Gasteiger partial charge in [0.1, 0.15) is 30.0 Å². The zero-order valence-electron chi connectivity index (χ0n) is 17.2. The molecule has 2 aliphatic rings. The summed E-state index contributed by atoms with van der Waals surface area (Å²) < 4.78 is 42.0. The summed E-state index contributed by atoms with van der Waals surface area (Å²) in [5.74, 6) is -0.873. The van der Waals surface area contributed by atoms with Gasteiger partial charge in [0.2, 0.25) is 15.9 Å². The first-order valence-electron chi connectivity index (χ1n) is 9.34. The van der Waals surface area contributed by atoms with Gasteiger partial charge in [-0.3, -0.25) is 4.79 Å². The summed E-state index contributed by atoms with van der Waals surface area (Å²) in [5.41, 5.74) is -5.43. The van der Waals surface area contributed by atoms with Crippen molar-refractivity contribution in [3.63, 3.8) is 0 Å². The molecule has 0 aromatic heterocycles. The highest BCUT2D eigenvalue weighted by molar-refractivity contribution is 7.88. The molecule has 0 aromatic rings. The van der Waals surface area contributed by atoms with Gasteiger partial charge >= 0.3 is 0 Å². The Labute approximate surface area is 178 Å². The zero-order valence-corrected chi connectivity index (χ0v) is 18.0. The molecule has 2 heterocycles. The van der Waals surface area contributed by atoms with Crippen molar-refractivity contribution in [2.75, 3.05) is 33.2 Å². The third-order valence-electron chi connectivity index (χ3n) is 5.61. The van der Waals surface area contributed by atoms with E-state index in [4.69, 9.17) is 14.2 Å². The van der Waals surface area contributed by atoms with E-state index in [2.05, 4.69) is 5.32 Å². The molecule has 9 atom stereocenters. The minimum absolute atomic E-state index is 0.521. The van der Waals surface area contributed by atoms with Gasteiger partial charge in [-0.25, -0.2) is 13.1 Å². The van der Waals surface area contributed by atoms with E-state index in [0.29, 0.717) is 0 Å². The molecule has 2 aliphatic heterocycles. The van der Waals surface area contributed by atoms with Crippen molar-refractivity contribution in [1.82, 2.24) is 10.0 Å². The van der Waals surface area contributed by atoms with Crippen molar-refractivity contribution in [2.24, 2.45) is 0 Å². The van der Waals surface area contributed by atoms with Crippen LogP contribution in [0.15, 0.2) is 0 Å². The Bertz CT molecular complexity index is 749. The van der Waals surface area contributed by atoms with Crippen LogP contribution in [0.25, 0.3) is 0 Å². The lowest BCUT2D eigenvalue weighted by Gasteiger charge is -2.62. The van der Waals surface area contributed by atoms with Crippen LogP contribution in [0.3, 0.4) is 0 Å². The minimum Gasteiger partial charge on any atom is -0.394 e. The number of ether oxygens (including phenoxy) is 3. The molecule has 15 heteroatoms. The van der Waals surface area contributed by atoms with E-state index in [1.54, 1.807) is 0 Å². The third-order valence-corrected chi connectivity index (χ3v) is 6.29. The Morgan fingerprint density at radius 1 is 1.23 bits per heavy atom. The summed E-state index contributed by atoms with van der Waals surface area (Å²) in [6.45, 7) is -1.25. The molecule has 0 aromatic carbocycles. The van der Waals surface area contributed by atoms with Crippen LogP contribution in [-0.4, -0.2) is 132 Å². The smallest absolute Gasteiger partial charge is 0.217 e. The van der Waals surface area contributed by atoms with E-state index in [9.17, 15) is 43.9 Å². The van der Waals surface area contributed by atoms with Crippen LogP contribution in [0, 0.1) is 0 Å².